The van der Waals surface area contributed by atoms with Crippen LogP contribution in [0, 0.1) is 23.7 Å². The van der Waals surface area contributed by atoms with Crippen LogP contribution < -0.4 is 15.4 Å². The van der Waals surface area contributed by atoms with Crippen LogP contribution in [0.1, 0.15) is 147 Å². The lowest BCUT2D eigenvalue weighted by atomic mass is 9.82. The van der Waals surface area contributed by atoms with Gasteiger partial charge < -0.3 is 25.3 Å². The van der Waals surface area contributed by atoms with Crippen LogP contribution >= 0.6 is 11.8 Å². The quantitative estimate of drug-likeness (QED) is 0.0856. The predicted molar refractivity (Wildman–Crippen MR) is 280 cm³/mol. The molecule has 4 aromatic heterocycles. The lowest BCUT2D eigenvalue weighted by Gasteiger charge is -2.29. The van der Waals surface area contributed by atoms with Gasteiger partial charge in [-0.3, -0.25) is 10.00 Å². The highest BCUT2D eigenvalue weighted by molar-refractivity contribution is 8.03. The van der Waals surface area contributed by atoms with Crippen molar-refractivity contribution in [1.29, 1.82) is 0 Å². The summed E-state index contributed by atoms with van der Waals surface area (Å²) in [4.78, 5) is 22.7. The fourth-order valence-corrected chi connectivity index (χ4v) is 8.77. The number of anilines is 2. The number of H-pyrrole nitrogens is 4. The Labute approximate surface area is 410 Å². The summed E-state index contributed by atoms with van der Waals surface area (Å²) in [5.74, 6) is 6.58. The molecule has 0 radical (unpaired) electrons. The molecule has 1 unspecified atom stereocenters. The molecule has 368 valence electrons. The molecule has 3 aliphatic heterocycles. The van der Waals surface area contributed by atoms with E-state index in [1.807, 2.05) is 12.4 Å². The first-order chi connectivity index (χ1) is 32.4. The summed E-state index contributed by atoms with van der Waals surface area (Å²) in [6.07, 6.45) is 13.7. The molecular weight excluding hydrogens is 867 g/mol. The van der Waals surface area contributed by atoms with E-state index in [-0.39, 0.29) is 0 Å². The van der Waals surface area contributed by atoms with Gasteiger partial charge in [0.25, 0.3) is 0 Å². The van der Waals surface area contributed by atoms with Crippen LogP contribution in [-0.2, 0) is 38.6 Å². The van der Waals surface area contributed by atoms with Crippen molar-refractivity contribution >= 4 is 23.1 Å². The SMILES string of the molecule is C=C1Nc2ccc(C(C)C)cc2O1.C=C1Nc2ccc(C(C)C)cc2S1.CC(C)C1CCc2nc[nH]c2C1.CC(C)Cc1cn[nH]n1.CC(C)Cc1ncn[nH]1.CC(C)N1CCc2nc[nH]c2C1. The third kappa shape index (κ3) is 16.8. The zero-order valence-electron chi connectivity index (χ0n) is 42.8. The molecule has 0 bridgehead atoms. The standard InChI is InChI=1S/C11H13NO.C11H13NS.C10H16N2.C9H15N3.2C6H11N3/c2*1-7(2)9-4-5-10-11(6-9)13-8(3)12-10;1-7(2)8-3-4-9-10(5-8)12-6-11-9;1-7(2)12-4-3-8-9(5-12)11-6-10-8;1-5(2)3-6-7-4-8-9-6;1-5(2)3-6-4-7-9-8-6/h2*4-7,12H,3H2,1-2H3;6-8H,3-5H2,1-2H3,(H,11,12);6-7H,3-5H2,1-2H3,(H,10,11);2*4-5H,3H2,1-2H3,(H,7,8,9). The van der Waals surface area contributed by atoms with E-state index in [1.54, 1.807) is 24.3 Å². The first-order valence-corrected chi connectivity index (χ1v) is 25.3. The molecule has 0 spiro atoms. The van der Waals surface area contributed by atoms with Crippen molar-refractivity contribution in [2.45, 2.75) is 151 Å². The summed E-state index contributed by atoms with van der Waals surface area (Å²) < 4.78 is 5.39. The highest BCUT2D eigenvalue weighted by Gasteiger charge is 2.23. The summed E-state index contributed by atoms with van der Waals surface area (Å²) >= 11 is 1.72. The Morgan fingerprint density at radius 3 is 2.01 bits per heavy atom. The summed E-state index contributed by atoms with van der Waals surface area (Å²) in [6.45, 7) is 36.3. The van der Waals surface area contributed by atoms with Crippen LogP contribution in [0.5, 0.6) is 5.75 Å². The largest absolute Gasteiger partial charge is 0.440 e. The molecule has 1 aliphatic carbocycles. The predicted octanol–water partition coefficient (Wildman–Crippen LogP) is 12.2. The molecule has 0 amide bonds. The second-order valence-corrected chi connectivity index (χ2v) is 21.1. The Bertz CT molecular complexity index is 2240. The fraction of sp³-hybridized carbons (Fsp3) is 0.509. The van der Waals surface area contributed by atoms with Crippen molar-refractivity contribution in [3.8, 4) is 5.75 Å². The number of hydrogen-bond acceptors (Lipinski definition) is 11. The number of fused-ring (bicyclic) bond motifs is 4. The average Bonchev–Trinajstić information content (AvgIpc) is 4.16. The second-order valence-electron chi connectivity index (χ2n) is 19.9. The van der Waals surface area contributed by atoms with Gasteiger partial charge in [-0.1, -0.05) is 99.7 Å². The third-order valence-corrected chi connectivity index (χ3v) is 12.9. The number of hydrogen-bond donors (Lipinski definition) is 6. The van der Waals surface area contributed by atoms with Gasteiger partial charge in [0.05, 0.1) is 58.0 Å². The highest BCUT2D eigenvalue weighted by atomic mass is 32.2. The minimum absolute atomic E-state index is 0.530. The van der Waals surface area contributed by atoms with Crippen LogP contribution in [0.3, 0.4) is 0 Å². The topological polar surface area (TPSA) is 177 Å². The van der Waals surface area contributed by atoms with Gasteiger partial charge in [-0.2, -0.15) is 20.5 Å². The van der Waals surface area contributed by atoms with E-state index in [4.69, 9.17) is 4.74 Å². The van der Waals surface area contributed by atoms with Crippen molar-refractivity contribution in [2.75, 3.05) is 17.2 Å². The van der Waals surface area contributed by atoms with E-state index >= 15 is 0 Å². The number of thioether (sulfide) groups is 1. The maximum absolute atomic E-state index is 5.39. The Morgan fingerprint density at radius 1 is 0.750 bits per heavy atom. The molecule has 4 aliphatic rings. The first kappa shape index (κ1) is 53.3. The molecule has 6 aromatic rings. The van der Waals surface area contributed by atoms with Crippen LogP contribution in [0.2, 0.25) is 0 Å². The van der Waals surface area contributed by atoms with E-state index in [0.29, 0.717) is 35.6 Å². The monoisotopic (exact) mass is 946 g/mol. The van der Waals surface area contributed by atoms with Crippen LogP contribution in [0.4, 0.5) is 11.4 Å². The lowest BCUT2D eigenvalue weighted by Crippen LogP contribution is -2.35. The Hall–Kier alpha value is -5.67. The second kappa shape index (κ2) is 26.2. The summed E-state index contributed by atoms with van der Waals surface area (Å²) in [5.41, 5.74) is 11.2. The van der Waals surface area contributed by atoms with Crippen LogP contribution in [-0.4, -0.2) is 68.0 Å². The van der Waals surface area contributed by atoms with E-state index in [0.717, 1.165) is 72.2 Å². The van der Waals surface area contributed by atoms with Crippen molar-refractivity contribution in [3.05, 3.63) is 131 Å². The molecule has 0 saturated heterocycles. The number of ether oxygens (including phenoxy) is 1. The summed E-state index contributed by atoms with van der Waals surface area (Å²) in [5, 5.41) is 24.0. The molecule has 0 fully saturated rings. The lowest BCUT2D eigenvalue weighted by molar-refractivity contribution is 0.200. The third-order valence-electron chi connectivity index (χ3n) is 12.0. The fourth-order valence-electron chi connectivity index (χ4n) is 7.92. The van der Waals surface area contributed by atoms with Gasteiger partial charge in [0.1, 0.15) is 12.2 Å². The van der Waals surface area contributed by atoms with Gasteiger partial charge >= 0.3 is 0 Å². The molecule has 6 N–H and O–H groups in total. The van der Waals surface area contributed by atoms with Gasteiger partial charge in [0.2, 0.25) is 0 Å². The van der Waals surface area contributed by atoms with E-state index in [9.17, 15) is 0 Å². The molecular formula is C53H79N13OS. The van der Waals surface area contributed by atoms with Crippen LogP contribution in [0.25, 0.3) is 0 Å². The molecule has 14 nitrogen and oxygen atoms in total. The van der Waals surface area contributed by atoms with Crippen molar-refractivity contribution < 1.29 is 4.74 Å². The minimum atomic E-state index is 0.530. The molecule has 68 heavy (non-hydrogen) atoms. The van der Waals surface area contributed by atoms with Crippen molar-refractivity contribution in [2.24, 2.45) is 23.7 Å². The number of imidazole rings is 2. The molecule has 0 saturated carbocycles. The molecule has 2 aromatic carbocycles. The average molecular weight is 946 g/mol. The number of rotatable bonds is 8. The first-order valence-electron chi connectivity index (χ1n) is 24.5. The number of nitrogens with zero attached hydrogens (tertiary/aromatic N) is 7. The zero-order valence-corrected chi connectivity index (χ0v) is 43.6. The Kier molecular flexibility index (Phi) is 20.5. The summed E-state index contributed by atoms with van der Waals surface area (Å²) in [6, 6.07) is 13.4. The number of aromatic amines is 4. The molecule has 1 atom stereocenters. The smallest absolute Gasteiger partial charge is 0.190 e. The number of aromatic nitrogens is 10. The van der Waals surface area contributed by atoms with Crippen molar-refractivity contribution in [3.63, 3.8) is 0 Å². The highest BCUT2D eigenvalue weighted by Crippen LogP contribution is 2.41. The molecule has 10 rings (SSSR count). The van der Waals surface area contributed by atoms with Gasteiger partial charge in [-0.15, -0.1) is 0 Å². The van der Waals surface area contributed by atoms with Gasteiger partial charge in [-0.25, -0.2) is 15.0 Å². The Morgan fingerprint density at radius 2 is 1.41 bits per heavy atom. The maximum Gasteiger partial charge on any atom is 0.190 e. The zero-order chi connectivity index (χ0) is 49.3. The Balaban J connectivity index is 0.000000153. The molecule has 7 heterocycles. The van der Waals surface area contributed by atoms with Crippen molar-refractivity contribution in [1.82, 2.24) is 55.4 Å². The van der Waals surface area contributed by atoms with Gasteiger partial charge in [0, 0.05) is 42.6 Å². The van der Waals surface area contributed by atoms with E-state index in [2.05, 4.69) is 193 Å². The minimum Gasteiger partial charge on any atom is -0.440 e. The number of aryl methyl sites for hydroxylation is 1. The number of nitrogens with one attached hydrogen (secondary N) is 6. The number of benzene rings is 2. The summed E-state index contributed by atoms with van der Waals surface area (Å²) in [7, 11) is 0. The van der Waals surface area contributed by atoms with E-state index in [1.165, 1.54) is 70.1 Å². The van der Waals surface area contributed by atoms with Gasteiger partial charge in [-0.05, 0) is 117 Å². The normalized spacial score (nSPS) is 15.5. The maximum atomic E-state index is 5.39. The van der Waals surface area contributed by atoms with Gasteiger partial charge in [0.15, 0.2) is 11.6 Å². The van der Waals surface area contributed by atoms with E-state index < -0.39 is 0 Å². The van der Waals surface area contributed by atoms with Crippen LogP contribution in [0.15, 0.2) is 90.5 Å². The molecule has 15 heteroatoms.